The molecule has 4 nitrogen and oxygen atoms in total. The van der Waals surface area contributed by atoms with Gasteiger partial charge in [-0.2, -0.15) is 0 Å². The number of carbonyl (C=O) groups is 1. The maximum atomic E-state index is 12.4. The Labute approximate surface area is 137 Å². The van der Waals surface area contributed by atoms with Crippen LogP contribution < -0.4 is 15.5 Å². The van der Waals surface area contributed by atoms with Crippen LogP contribution in [0.2, 0.25) is 0 Å². The molecule has 0 aromatic heterocycles. The summed E-state index contributed by atoms with van der Waals surface area (Å²) in [6, 6.07) is 16.4. The van der Waals surface area contributed by atoms with Crippen LogP contribution in [0.25, 0.3) is 11.1 Å². The van der Waals surface area contributed by atoms with Crippen molar-refractivity contribution in [2.24, 2.45) is 0 Å². The predicted molar refractivity (Wildman–Crippen MR) is 94.9 cm³/mol. The Bertz CT molecular complexity index is 673. The summed E-state index contributed by atoms with van der Waals surface area (Å²) in [5, 5.41) is 6.35. The highest BCUT2D eigenvalue weighted by Crippen LogP contribution is 2.23. The molecule has 1 unspecified atom stereocenters. The monoisotopic (exact) mass is 309 g/mol. The van der Waals surface area contributed by atoms with Gasteiger partial charge >= 0.3 is 0 Å². The van der Waals surface area contributed by atoms with E-state index in [9.17, 15) is 4.79 Å². The van der Waals surface area contributed by atoms with Crippen LogP contribution in [-0.4, -0.2) is 39.1 Å². The Hall–Kier alpha value is -2.33. The van der Waals surface area contributed by atoms with Gasteiger partial charge in [-0.15, -0.1) is 0 Å². The molecule has 1 saturated heterocycles. The van der Waals surface area contributed by atoms with Crippen molar-refractivity contribution in [1.29, 1.82) is 0 Å². The molecule has 1 heterocycles. The normalized spacial score (nSPS) is 17.0. The highest BCUT2D eigenvalue weighted by molar-refractivity contribution is 5.95. The summed E-state index contributed by atoms with van der Waals surface area (Å²) in [4.78, 5) is 14.5. The molecule has 120 valence electrons. The molecule has 2 aromatic carbocycles. The zero-order valence-corrected chi connectivity index (χ0v) is 13.7. The zero-order chi connectivity index (χ0) is 16.2. The number of hydrogen-bond donors (Lipinski definition) is 2. The van der Waals surface area contributed by atoms with Gasteiger partial charge in [-0.1, -0.05) is 24.3 Å². The molecule has 0 radical (unpaired) electrons. The fraction of sp³-hybridized carbons (Fsp3) is 0.316. The average molecular weight is 309 g/mol. The van der Waals surface area contributed by atoms with Crippen molar-refractivity contribution in [2.75, 3.05) is 32.1 Å². The third-order valence-electron chi connectivity index (χ3n) is 4.24. The molecule has 1 fully saturated rings. The first-order valence-corrected chi connectivity index (χ1v) is 8.03. The van der Waals surface area contributed by atoms with Crippen LogP contribution in [0.5, 0.6) is 0 Å². The van der Waals surface area contributed by atoms with Crippen LogP contribution in [0.3, 0.4) is 0 Å². The second-order valence-electron chi connectivity index (χ2n) is 6.19. The number of rotatable bonds is 4. The number of carbonyl (C=O) groups excluding carboxylic acids is 1. The zero-order valence-electron chi connectivity index (χ0n) is 13.7. The van der Waals surface area contributed by atoms with Gasteiger partial charge in [0.1, 0.15) is 0 Å². The molecule has 0 aliphatic carbocycles. The van der Waals surface area contributed by atoms with Gasteiger partial charge in [0, 0.05) is 37.9 Å². The first-order chi connectivity index (χ1) is 11.1. The molecule has 4 heteroatoms. The average Bonchev–Trinajstić information content (AvgIpc) is 3.08. The van der Waals surface area contributed by atoms with Crippen LogP contribution in [0, 0.1) is 0 Å². The highest BCUT2D eigenvalue weighted by Gasteiger charge is 2.17. The molecule has 1 aliphatic heterocycles. The molecule has 2 N–H and O–H groups in total. The van der Waals surface area contributed by atoms with Gasteiger partial charge in [0.15, 0.2) is 0 Å². The maximum absolute atomic E-state index is 12.4. The summed E-state index contributed by atoms with van der Waals surface area (Å²) in [6.45, 7) is 1.83. The molecule has 0 saturated carbocycles. The summed E-state index contributed by atoms with van der Waals surface area (Å²) in [6.07, 6.45) is 0.997. The van der Waals surface area contributed by atoms with Crippen molar-refractivity contribution in [3.05, 3.63) is 54.1 Å². The largest absolute Gasteiger partial charge is 0.378 e. The second-order valence-corrected chi connectivity index (χ2v) is 6.19. The van der Waals surface area contributed by atoms with Crippen molar-refractivity contribution in [3.8, 4) is 11.1 Å². The van der Waals surface area contributed by atoms with Crippen molar-refractivity contribution in [1.82, 2.24) is 10.6 Å². The minimum atomic E-state index is 0.00506. The van der Waals surface area contributed by atoms with E-state index in [0.29, 0.717) is 5.56 Å². The van der Waals surface area contributed by atoms with Gasteiger partial charge in [-0.25, -0.2) is 0 Å². The summed E-state index contributed by atoms with van der Waals surface area (Å²) in [5.41, 5.74) is 4.06. The SMILES string of the molecule is CN(C)c1ccc(-c2cccc(C(=O)NC3CCNC3)c2)cc1. The molecule has 23 heavy (non-hydrogen) atoms. The van der Waals surface area contributed by atoms with Crippen LogP contribution in [0.1, 0.15) is 16.8 Å². The van der Waals surface area contributed by atoms with Gasteiger partial charge in [-0.05, 0) is 48.4 Å². The Balaban J connectivity index is 1.77. The Kier molecular flexibility index (Phi) is 4.63. The molecule has 0 bridgehead atoms. The number of nitrogens with zero attached hydrogens (tertiary/aromatic N) is 1. The van der Waals surface area contributed by atoms with Gasteiger partial charge in [0.05, 0.1) is 0 Å². The predicted octanol–water partition coefficient (Wildman–Crippen LogP) is 2.51. The van der Waals surface area contributed by atoms with Crippen LogP contribution in [0.4, 0.5) is 5.69 Å². The summed E-state index contributed by atoms with van der Waals surface area (Å²) in [5.74, 6) is 0.00506. The molecular weight excluding hydrogens is 286 g/mol. The summed E-state index contributed by atoms with van der Waals surface area (Å²) >= 11 is 0. The minimum absolute atomic E-state index is 0.00506. The van der Waals surface area contributed by atoms with E-state index in [4.69, 9.17) is 0 Å². The number of anilines is 1. The lowest BCUT2D eigenvalue weighted by Gasteiger charge is -2.14. The second kappa shape index (κ2) is 6.84. The Morgan fingerprint density at radius 1 is 1.13 bits per heavy atom. The van der Waals surface area contributed by atoms with Crippen LogP contribution in [-0.2, 0) is 0 Å². The van der Waals surface area contributed by atoms with E-state index in [1.807, 2.05) is 38.4 Å². The third-order valence-corrected chi connectivity index (χ3v) is 4.24. The number of benzene rings is 2. The van der Waals surface area contributed by atoms with E-state index >= 15 is 0 Å². The fourth-order valence-electron chi connectivity index (χ4n) is 2.84. The van der Waals surface area contributed by atoms with Crippen LogP contribution in [0.15, 0.2) is 48.5 Å². The highest BCUT2D eigenvalue weighted by atomic mass is 16.1. The lowest BCUT2D eigenvalue weighted by atomic mass is 10.0. The van der Waals surface area contributed by atoms with E-state index in [1.165, 1.54) is 0 Å². The maximum Gasteiger partial charge on any atom is 0.251 e. The third kappa shape index (κ3) is 3.71. The van der Waals surface area contributed by atoms with Crippen molar-refractivity contribution in [2.45, 2.75) is 12.5 Å². The smallest absolute Gasteiger partial charge is 0.251 e. The summed E-state index contributed by atoms with van der Waals surface area (Å²) < 4.78 is 0. The van der Waals surface area contributed by atoms with Crippen molar-refractivity contribution < 1.29 is 4.79 Å². The fourth-order valence-corrected chi connectivity index (χ4v) is 2.84. The van der Waals surface area contributed by atoms with Gasteiger partial charge in [0.2, 0.25) is 0 Å². The first kappa shape index (κ1) is 15.6. The number of nitrogens with one attached hydrogen (secondary N) is 2. The van der Waals surface area contributed by atoms with Crippen LogP contribution >= 0.6 is 0 Å². The molecule has 2 aromatic rings. The minimum Gasteiger partial charge on any atom is -0.378 e. The van der Waals surface area contributed by atoms with Gasteiger partial charge < -0.3 is 15.5 Å². The van der Waals surface area contributed by atoms with E-state index in [0.717, 1.165) is 36.3 Å². The van der Waals surface area contributed by atoms with E-state index in [-0.39, 0.29) is 11.9 Å². The van der Waals surface area contributed by atoms with Gasteiger partial charge in [-0.3, -0.25) is 4.79 Å². The standard InChI is InChI=1S/C19H23N3O/c1-22(2)18-8-6-14(7-9-18)15-4-3-5-16(12-15)19(23)21-17-10-11-20-13-17/h3-9,12,17,20H,10-11,13H2,1-2H3,(H,21,23). The Morgan fingerprint density at radius 3 is 2.57 bits per heavy atom. The van der Waals surface area contributed by atoms with Gasteiger partial charge in [0.25, 0.3) is 5.91 Å². The van der Waals surface area contributed by atoms with Crippen molar-refractivity contribution >= 4 is 11.6 Å². The number of hydrogen-bond acceptors (Lipinski definition) is 3. The molecular formula is C19H23N3O. The molecule has 0 spiro atoms. The van der Waals surface area contributed by atoms with Crippen molar-refractivity contribution in [3.63, 3.8) is 0 Å². The topological polar surface area (TPSA) is 44.4 Å². The molecule has 1 atom stereocenters. The van der Waals surface area contributed by atoms with E-state index in [1.54, 1.807) is 0 Å². The number of amides is 1. The lowest BCUT2D eigenvalue weighted by molar-refractivity contribution is 0.0940. The molecule has 1 amide bonds. The first-order valence-electron chi connectivity index (χ1n) is 8.03. The Morgan fingerprint density at radius 2 is 1.91 bits per heavy atom. The molecule has 1 aliphatic rings. The quantitative estimate of drug-likeness (QED) is 0.912. The lowest BCUT2D eigenvalue weighted by Crippen LogP contribution is -2.36. The molecule has 3 rings (SSSR count). The summed E-state index contributed by atoms with van der Waals surface area (Å²) in [7, 11) is 4.05. The van der Waals surface area contributed by atoms with E-state index in [2.05, 4.69) is 39.8 Å². The van der Waals surface area contributed by atoms with E-state index < -0.39 is 0 Å².